The first-order valence-corrected chi connectivity index (χ1v) is 13.0. The van der Waals surface area contributed by atoms with Crippen molar-refractivity contribution in [2.75, 3.05) is 45.1 Å². The van der Waals surface area contributed by atoms with Crippen molar-refractivity contribution in [2.24, 2.45) is 0 Å². The van der Waals surface area contributed by atoms with Gasteiger partial charge in [0.25, 0.3) is 5.91 Å². The first-order valence-electron chi connectivity index (χ1n) is 13.0. The predicted molar refractivity (Wildman–Crippen MR) is 161 cm³/mol. The average Bonchev–Trinajstić information content (AvgIpc) is 3.52. The van der Waals surface area contributed by atoms with Crippen LogP contribution in [0.1, 0.15) is 35.1 Å². The van der Waals surface area contributed by atoms with Crippen LogP contribution in [-0.2, 0) is 22.7 Å². The maximum Gasteiger partial charge on any atom is 0.256 e. The lowest BCUT2D eigenvalue weighted by Crippen LogP contribution is -2.49. The van der Waals surface area contributed by atoms with Crippen molar-refractivity contribution in [1.82, 2.24) is 30.4 Å². The molecule has 0 spiro atoms. The minimum absolute atomic E-state index is 0. The van der Waals surface area contributed by atoms with Crippen molar-refractivity contribution >= 4 is 42.3 Å². The van der Waals surface area contributed by atoms with Gasteiger partial charge in [-0.15, -0.1) is 24.8 Å². The van der Waals surface area contributed by atoms with Crippen molar-refractivity contribution < 1.29 is 14.1 Å². The highest BCUT2D eigenvalue weighted by molar-refractivity contribution is 5.87. The Kier molecular flexibility index (Phi) is 12.4. The second-order valence-corrected chi connectivity index (χ2v) is 9.70. The number of nitrogens with one attached hydrogen (secondary N) is 2. The molecule has 0 bridgehead atoms. The lowest BCUT2D eigenvalue weighted by atomic mass is 10.1. The summed E-state index contributed by atoms with van der Waals surface area (Å²) in [6.45, 7) is 11.1. The van der Waals surface area contributed by atoms with Crippen molar-refractivity contribution in [2.45, 2.75) is 40.8 Å². The quantitative estimate of drug-likeness (QED) is 0.325. The standard InChI is InChI=1S/C28H37N7O3.2ClH/c1-6-29-11-12-34(18-27(37)33(5)35-16-23-8-7-19(2)13-24(23)17-35)26(36)15-30-25-10-9-22(14-20(25)3)28-31-21(4)38-32-28;;/h7-10,13-14,29-30H,6,11-12,15-18H2,1-5H3;2*1H. The van der Waals surface area contributed by atoms with E-state index >= 15 is 0 Å². The molecule has 2 heterocycles. The molecular weight excluding hydrogens is 553 g/mol. The minimum atomic E-state index is -0.137. The SMILES string of the molecule is CCNCCN(CC(=O)N(C)N1Cc2ccc(C)cc2C1)C(=O)CNc1ccc(-c2noc(C)n2)cc1C.Cl.Cl. The maximum atomic E-state index is 13.2. The minimum Gasteiger partial charge on any atom is -0.376 e. The van der Waals surface area contributed by atoms with Crippen LogP contribution < -0.4 is 10.6 Å². The number of hydrogen-bond donors (Lipinski definition) is 2. The summed E-state index contributed by atoms with van der Waals surface area (Å²) in [5.74, 6) is 0.784. The molecule has 2 amide bonds. The highest BCUT2D eigenvalue weighted by Gasteiger charge is 2.27. The number of benzene rings is 2. The molecular formula is C28H39Cl2N7O3. The van der Waals surface area contributed by atoms with Crippen LogP contribution in [0.3, 0.4) is 0 Å². The normalized spacial score (nSPS) is 12.2. The fourth-order valence-corrected chi connectivity index (χ4v) is 4.52. The van der Waals surface area contributed by atoms with Crippen molar-refractivity contribution in [1.29, 1.82) is 0 Å². The van der Waals surface area contributed by atoms with Crippen LogP contribution in [0, 0.1) is 20.8 Å². The number of amides is 2. The second kappa shape index (κ2) is 15.0. The second-order valence-electron chi connectivity index (χ2n) is 9.70. The van der Waals surface area contributed by atoms with E-state index in [2.05, 4.69) is 45.9 Å². The Bertz CT molecular complexity index is 1300. The Hall–Kier alpha value is -3.18. The van der Waals surface area contributed by atoms with Crippen LogP contribution >= 0.6 is 24.8 Å². The number of hydrogen-bond acceptors (Lipinski definition) is 8. The molecule has 2 aromatic carbocycles. The predicted octanol–water partition coefficient (Wildman–Crippen LogP) is 3.74. The Morgan fingerprint density at radius 3 is 2.45 bits per heavy atom. The first kappa shape index (κ1) is 33.0. The third kappa shape index (κ3) is 8.17. The third-order valence-electron chi connectivity index (χ3n) is 6.78. The van der Waals surface area contributed by atoms with Crippen LogP contribution in [0.4, 0.5) is 5.69 Å². The number of anilines is 1. The molecule has 1 aromatic heterocycles. The molecule has 1 aliphatic heterocycles. The Labute approximate surface area is 248 Å². The van der Waals surface area contributed by atoms with E-state index in [0.717, 1.165) is 23.4 Å². The average molecular weight is 593 g/mol. The molecule has 0 unspecified atom stereocenters. The molecule has 3 aromatic rings. The summed E-state index contributed by atoms with van der Waals surface area (Å²) >= 11 is 0. The number of aromatic nitrogens is 2. The monoisotopic (exact) mass is 591 g/mol. The van der Waals surface area contributed by atoms with Gasteiger partial charge in [-0.25, -0.2) is 5.01 Å². The van der Waals surface area contributed by atoms with Gasteiger partial charge in [-0.05, 0) is 55.3 Å². The fraction of sp³-hybridized carbons (Fsp3) is 0.429. The van der Waals surface area contributed by atoms with E-state index < -0.39 is 0 Å². The molecule has 12 heteroatoms. The molecule has 0 saturated heterocycles. The lowest BCUT2D eigenvalue weighted by molar-refractivity contribution is -0.151. The van der Waals surface area contributed by atoms with Crippen LogP contribution in [0.5, 0.6) is 0 Å². The molecule has 0 aliphatic carbocycles. The number of rotatable bonds is 11. The highest BCUT2D eigenvalue weighted by Crippen LogP contribution is 2.25. The van der Waals surface area contributed by atoms with E-state index in [1.54, 1.807) is 23.9 Å². The number of halogens is 2. The van der Waals surface area contributed by atoms with Crippen molar-refractivity contribution in [3.63, 3.8) is 0 Å². The lowest BCUT2D eigenvalue weighted by Gasteiger charge is -2.31. The molecule has 10 nitrogen and oxygen atoms in total. The molecule has 4 rings (SSSR count). The molecule has 0 atom stereocenters. The number of fused-ring (bicyclic) bond motifs is 1. The third-order valence-corrected chi connectivity index (χ3v) is 6.78. The number of likely N-dealkylation sites (N-methyl/N-ethyl adjacent to an activating group) is 2. The number of nitrogens with zero attached hydrogens (tertiary/aromatic N) is 5. The molecule has 40 heavy (non-hydrogen) atoms. The highest BCUT2D eigenvalue weighted by atomic mass is 35.5. The summed E-state index contributed by atoms with van der Waals surface area (Å²) < 4.78 is 5.07. The zero-order chi connectivity index (χ0) is 27.2. The summed E-state index contributed by atoms with van der Waals surface area (Å²) in [7, 11) is 1.78. The topological polar surface area (TPSA) is 107 Å². The number of aryl methyl sites for hydroxylation is 3. The number of carbonyl (C=O) groups is 2. The van der Waals surface area contributed by atoms with E-state index in [1.165, 1.54) is 16.7 Å². The van der Waals surface area contributed by atoms with Gasteiger partial charge >= 0.3 is 0 Å². The van der Waals surface area contributed by atoms with Gasteiger partial charge in [0.1, 0.15) is 6.54 Å². The van der Waals surface area contributed by atoms with E-state index in [9.17, 15) is 9.59 Å². The molecule has 2 N–H and O–H groups in total. The molecule has 0 radical (unpaired) electrons. The summed E-state index contributed by atoms with van der Waals surface area (Å²) in [5.41, 5.74) is 6.32. The van der Waals surface area contributed by atoms with E-state index in [1.807, 2.05) is 37.1 Å². The molecule has 0 saturated carbocycles. The fourth-order valence-electron chi connectivity index (χ4n) is 4.52. The van der Waals surface area contributed by atoms with Gasteiger partial charge in [-0.2, -0.15) is 4.98 Å². The van der Waals surface area contributed by atoms with Gasteiger partial charge in [0.15, 0.2) is 0 Å². The van der Waals surface area contributed by atoms with Gasteiger partial charge in [0.2, 0.25) is 17.6 Å². The Morgan fingerprint density at radius 2 is 1.77 bits per heavy atom. The van der Waals surface area contributed by atoms with Crippen LogP contribution in [-0.4, -0.2) is 76.6 Å². The van der Waals surface area contributed by atoms with Crippen molar-refractivity contribution in [3.05, 3.63) is 64.5 Å². The van der Waals surface area contributed by atoms with Gasteiger partial charge in [0, 0.05) is 51.4 Å². The maximum absolute atomic E-state index is 13.2. The van der Waals surface area contributed by atoms with Gasteiger partial charge in [-0.3, -0.25) is 14.6 Å². The van der Waals surface area contributed by atoms with Gasteiger partial charge in [0.05, 0.1) is 6.54 Å². The Morgan fingerprint density at radius 1 is 1.02 bits per heavy atom. The summed E-state index contributed by atoms with van der Waals surface area (Å²) in [4.78, 5) is 32.3. The summed E-state index contributed by atoms with van der Waals surface area (Å²) in [6.07, 6.45) is 0. The van der Waals surface area contributed by atoms with Crippen LogP contribution in [0.2, 0.25) is 0 Å². The number of hydrazine groups is 1. The van der Waals surface area contributed by atoms with E-state index in [-0.39, 0.29) is 49.7 Å². The summed E-state index contributed by atoms with van der Waals surface area (Å²) in [5, 5.41) is 14.1. The Balaban J connectivity index is 0.00000280. The van der Waals surface area contributed by atoms with E-state index in [0.29, 0.717) is 37.9 Å². The van der Waals surface area contributed by atoms with E-state index in [4.69, 9.17) is 4.52 Å². The molecule has 0 fully saturated rings. The van der Waals surface area contributed by atoms with Crippen LogP contribution in [0.25, 0.3) is 11.4 Å². The number of carbonyl (C=O) groups excluding carboxylic acids is 2. The zero-order valence-electron chi connectivity index (χ0n) is 23.7. The summed E-state index contributed by atoms with van der Waals surface area (Å²) in [6, 6.07) is 12.1. The smallest absolute Gasteiger partial charge is 0.256 e. The largest absolute Gasteiger partial charge is 0.376 e. The molecule has 1 aliphatic rings. The first-order chi connectivity index (χ1) is 18.2. The van der Waals surface area contributed by atoms with Crippen LogP contribution in [0.15, 0.2) is 40.9 Å². The van der Waals surface area contributed by atoms with Gasteiger partial charge < -0.3 is 20.1 Å². The molecule has 218 valence electrons. The van der Waals surface area contributed by atoms with Crippen molar-refractivity contribution in [3.8, 4) is 11.4 Å². The zero-order valence-corrected chi connectivity index (χ0v) is 25.3. The van der Waals surface area contributed by atoms with Gasteiger partial charge in [-0.1, -0.05) is 35.8 Å².